The first-order valence-electron chi connectivity index (χ1n) is 12.7. The Morgan fingerprint density at radius 3 is 2.34 bits per heavy atom. The Hall–Kier alpha value is -2.76. The van der Waals surface area contributed by atoms with Crippen LogP contribution in [0.2, 0.25) is 37.8 Å². The zero-order chi connectivity index (χ0) is 28.3. The van der Waals surface area contributed by atoms with Gasteiger partial charge in [-0.05, 0) is 36.3 Å². The Kier molecular flexibility index (Phi) is 9.06. The second-order valence-corrected chi connectivity index (χ2v) is 21.5. The van der Waals surface area contributed by atoms with Crippen molar-refractivity contribution in [3.63, 3.8) is 0 Å². The fraction of sp³-hybridized carbons (Fsp3) is 0.519. The van der Waals surface area contributed by atoms with Crippen LogP contribution in [-0.4, -0.2) is 61.9 Å². The van der Waals surface area contributed by atoms with E-state index in [0.29, 0.717) is 5.56 Å². The normalized spacial score (nSPS) is 21.9. The van der Waals surface area contributed by atoms with Crippen LogP contribution in [0.1, 0.15) is 37.4 Å². The molecular formula is C27H39N3O6Si2. The summed E-state index contributed by atoms with van der Waals surface area (Å²) in [5.74, 6) is -0.256. The highest BCUT2D eigenvalue weighted by atomic mass is 28.4. The molecule has 9 nitrogen and oxygen atoms in total. The zero-order valence-electron chi connectivity index (χ0n) is 23.4. The van der Waals surface area contributed by atoms with E-state index in [4.69, 9.17) is 13.9 Å². The van der Waals surface area contributed by atoms with Crippen LogP contribution >= 0.6 is 0 Å². The van der Waals surface area contributed by atoms with Crippen LogP contribution in [0.15, 0.2) is 47.4 Å². The van der Waals surface area contributed by atoms with E-state index < -0.39 is 46.6 Å². The average molecular weight is 558 g/mol. The third kappa shape index (κ3) is 7.21. The molecule has 1 fully saturated rings. The molecule has 0 aliphatic carbocycles. The van der Waals surface area contributed by atoms with Gasteiger partial charge < -0.3 is 24.3 Å². The fourth-order valence-corrected chi connectivity index (χ4v) is 5.22. The molecule has 0 bridgehead atoms. The number of ether oxygens (including phenoxy) is 2. The van der Waals surface area contributed by atoms with Crippen LogP contribution in [0, 0.1) is 11.7 Å². The molecule has 1 aromatic carbocycles. The fourth-order valence-electron chi connectivity index (χ4n) is 3.57. The number of nitrogens with one attached hydrogen (secondary N) is 1. The number of carbonyl (C=O) groups excluding carboxylic acids is 1. The molecule has 2 aromatic rings. The highest BCUT2D eigenvalue weighted by molar-refractivity contribution is 6.83. The molecule has 38 heavy (non-hydrogen) atoms. The van der Waals surface area contributed by atoms with E-state index in [-0.39, 0.29) is 23.4 Å². The third-order valence-corrected chi connectivity index (χ3v) is 12.0. The van der Waals surface area contributed by atoms with Gasteiger partial charge >= 0.3 is 5.69 Å². The van der Waals surface area contributed by atoms with Gasteiger partial charge in [0, 0.05) is 11.8 Å². The summed E-state index contributed by atoms with van der Waals surface area (Å²) in [6.07, 6.45) is 1.24. The molecule has 1 aromatic heterocycles. The summed E-state index contributed by atoms with van der Waals surface area (Å²) in [6, 6.07) is 10.2. The molecule has 2 unspecified atom stereocenters. The summed E-state index contributed by atoms with van der Waals surface area (Å²) in [7, 11) is -4.08. The largest absolute Gasteiger partial charge is 0.438 e. The Balaban J connectivity index is 1.95. The molecule has 3 rings (SSSR count). The topological polar surface area (TPSA) is 112 Å². The number of benzene rings is 1. The van der Waals surface area contributed by atoms with E-state index in [9.17, 15) is 14.7 Å². The zero-order valence-corrected chi connectivity index (χ0v) is 25.4. The minimum Gasteiger partial charge on any atom is -0.438 e. The van der Waals surface area contributed by atoms with Crippen molar-refractivity contribution in [2.24, 2.45) is 0 Å². The molecule has 0 saturated carbocycles. The van der Waals surface area contributed by atoms with Crippen LogP contribution in [0.3, 0.4) is 0 Å². The van der Waals surface area contributed by atoms with Gasteiger partial charge in [0.05, 0.1) is 6.61 Å². The van der Waals surface area contributed by atoms with Gasteiger partial charge in [-0.25, -0.2) is 4.79 Å². The van der Waals surface area contributed by atoms with Crippen LogP contribution < -0.4 is 11.0 Å². The number of hydrogen-bond acceptors (Lipinski definition) is 7. The molecule has 11 heteroatoms. The van der Waals surface area contributed by atoms with Crippen molar-refractivity contribution < 1.29 is 23.8 Å². The molecule has 206 valence electrons. The Morgan fingerprint density at radius 1 is 1.13 bits per heavy atom. The number of anilines is 1. The smallest absolute Gasteiger partial charge is 0.351 e. The number of amides is 1. The first-order valence-corrected chi connectivity index (χ1v) is 19.1. The maximum atomic E-state index is 13.2. The first-order chi connectivity index (χ1) is 17.6. The number of aliphatic hydroxyl groups excluding tert-OH is 1. The number of rotatable bonds is 7. The van der Waals surface area contributed by atoms with E-state index in [1.54, 1.807) is 24.3 Å². The molecule has 1 saturated heterocycles. The van der Waals surface area contributed by atoms with Gasteiger partial charge in [-0.15, -0.1) is 0 Å². The monoisotopic (exact) mass is 557 g/mol. The predicted octanol–water partition coefficient (Wildman–Crippen LogP) is 4.00. The second-order valence-electron chi connectivity index (χ2n) is 12.0. The Bertz CT molecular complexity index is 1240. The first kappa shape index (κ1) is 29.8. The predicted molar refractivity (Wildman–Crippen MR) is 152 cm³/mol. The maximum absolute atomic E-state index is 13.2. The molecule has 0 spiro atoms. The molecular weight excluding hydrogens is 518 g/mol. The highest BCUT2D eigenvalue weighted by Crippen LogP contribution is 2.42. The Labute approximate surface area is 226 Å². The molecule has 1 amide bonds. The van der Waals surface area contributed by atoms with Gasteiger partial charge in [0.1, 0.15) is 32.2 Å². The molecule has 4 atom stereocenters. The molecule has 0 radical (unpaired) electrons. The molecule has 1 aliphatic rings. The average Bonchev–Trinajstić information content (AvgIpc) is 3.14. The van der Waals surface area contributed by atoms with E-state index in [2.05, 4.69) is 75.5 Å². The summed E-state index contributed by atoms with van der Waals surface area (Å²) in [5.41, 5.74) is 3.00. The van der Waals surface area contributed by atoms with Gasteiger partial charge in [-0.1, -0.05) is 64.2 Å². The van der Waals surface area contributed by atoms with Gasteiger partial charge in [-0.3, -0.25) is 9.36 Å². The van der Waals surface area contributed by atoms with Crippen molar-refractivity contribution in [2.75, 3.05) is 11.9 Å². The molecule has 2 heterocycles. The highest BCUT2D eigenvalue weighted by Gasteiger charge is 2.52. The van der Waals surface area contributed by atoms with Crippen LogP contribution in [-0.2, 0) is 13.9 Å². The van der Waals surface area contributed by atoms with Crippen molar-refractivity contribution >= 4 is 28.1 Å². The van der Waals surface area contributed by atoms with Crippen LogP contribution in [0.5, 0.6) is 0 Å². The van der Waals surface area contributed by atoms with Gasteiger partial charge in [0.25, 0.3) is 5.91 Å². The second kappa shape index (κ2) is 11.5. The SMILES string of the molecule is CC(C)(C)[Si](C)(C)OC1C(OC#C[Si](C)(C)C)[C@@H](CO)O[C@H]1n1ccc(NC(=O)c2ccccc2)nc1=O. The van der Waals surface area contributed by atoms with Crippen molar-refractivity contribution in [3.05, 3.63) is 58.6 Å². The van der Waals surface area contributed by atoms with Gasteiger partial charge in [0.15, 0.2) is 20.6 Å². The van der Waals surface area contributed by atoms with E-state index in [0.717, 1.165) is 0 Å². The summed E-state index contributed by atoms with van der Waals surface area (Å²) in [4.78, 5) is 29.7. The lowest BCUT2D eigenvalue weighted by Crippen LogP contribution is -2.50. The molecule has 2 N–H and O–H groups in total. The summed E-state index contributed by atoms with van der Waals surface area (Å²) < 4.78 is 20.1. The number of nitrogens with zero attached hydrogens (tertiary/aromatic N) is 2. The standard InChI is InChI=1S/C27H39N3O6Si2/c1-27(2,3)38(7,8)36-23-22(34-16-17-37(4,5)6)20(18-31)35-25(23)30-15-14-21(29-26(30)33)28-24(32)19-12-10-9-11-13-19/h9-15,20,22-23,25,31H,18H2,1-8H3,(H,28,29,32,33)/t20-,22?,23?,25-/m1/s1. The lowest BCUT2D eigenvalue weighted by molar-refractivity contribution is -0.0533. The third-order valence-electron chi connectivity index (χ3n) is 6.71. The number of carbonyl (C=O) groups is 1. The van der Waals surface area contributed by atoms with Gasteiger partial charge in [-0.2, -0.15) is 4.98 Å². The van der Waals surface area contributed by atoms with E-state index >= 15 is 0 Å². The maximum Gasteiger partial charge on any atom is 0.351 e. The summed E-state index contributed by atoms with van der Waals surface area (Å²) >= 11 is 0. The lowest BCUT2D eigenvalue weighted by Gasteiger charge is -2.40. The van der Waals surface area contributed by atoms with Crippen LogP contribution in [0.4, 0.5) is 5.82 Å². The quantitative estimate of drug-likeness (QED) is 0.391. The molecule has 1 aliphatic heterocycles. The summed E-state index contributed by atoms with van der Waals surface area (Å²) in [6.45, 7) is 16.5. The minimum absolute atomic E-state index is 0.118. The number of aromatic nitrogens is 2. The number of aliphatic hydroxyl groups is 1. The minimum atomic E-state index is -2.37. The lowest BCUT2D eigenvalue weighted by atomic mass is 10.1. The van der Waals surface area contributed by atoms with Crippen molar-refractivity contribution in [3.8, 4) is 11.7 Å². The van der Waals surface area contributed by atoms with E-state index in [1.807, 2.05) is 6.07 Å². The van der Waals surface area contributed by atoms with Crippen molar-refractivity contribution in [2.45, 2.75) is 83.1 Å². The Morgan fingerprint density at radius 2 is 1.79 bits per heavy atom. The van der Waals surface area contributed by atoms with Crippen LogP contribution in [0.25, 0.3) is 0 Å². The van der Waals surface area contributed by atoms with Crippen molar-refractivity contribution in [1.29, 1.82) is 0 Å². The van der Waals surface area contributed by atoms with Gasteiger partial charge in [0.2, 0.25) is 0 Å². The number of hydrogen-bond donors (Lipinski definition) is 2. The summed E-state index contributed by atoms with van der Waals surface area (Å²) in [5, 5.41) is 12.6. The van der Waals surface area contributed by atoms with Crippen molar-refractivity contribution in [1.82, 2.24) is 9.55 Å². The van der Waals surface area contributed by atoms with E-state index in [1.165, 1.54) is 16.8 Å².